The molecule has 0 aromatic heterocycles. The molecular formula is C15H27NO2. The quantitative estimate of drug-likeness (QED) is 0.757. The lowest BCUT2D eigenvalue weighted by molar-refractivity contribution is -0.153. The van der Waals surface area contributed by atoms with Crippen LogP contribution in [0.5, 0.6) is 0 Å². The van der Waals surface area contributed by atoms with Gasteiger partial charge < -0.3 is 9.64 Å². The zero-order chi connectivity index (χ0) is 13.2. The Morgan fingerprint density at radius 1 is 1.06 bits per heavy atom. The molecule has 0 bridgehead atoms. The summed E-state index contributed by atoms with van der Waals surface area (Å²) in [6, 6.07) is 0. The van der Waals surface area contributed by atoms with Gasteiger partial charge in [-0.3, -0.25) is 4.79 Å². The van der Waals surface area contributed by atoms with Crippen LogP contribution in [0.4, 0.5) is 0 Å². The molecule has 0 N–H and O–H groups in total. The van der Waals surface area contributed by atoms with Crippen molar-refractivity contribution in [2.45, 2.75) is 64.4 Å². The van der Waals surface area contributed by atoms with Gasteiger partial charge in [0, 0.05) is 20.2 Å². The van der Waals surface area contributed by atoms with Crippen LogP contribution >= 0.6 is 0 Å². The molecule has 0 radical (unpaired) electrons. The third-order valence-electron chi connectivity index (χ3n) is 5.05. The molecule has 2 fully saturated rings. The van der Waals surface area contributed by atoms with E-state index in [-0.39, 0.29) is 5.91 Å². The Kier molecular flexibility index (Phi) is 4.00. The van der Waals surface area contributed by atoms with Gasteiger partial charge in [-0.2, -0.15) is 0 Å². The summed E-state index contributed by atoms with van der Waals surface area (Å²) in [7, 11) is 1.62. The smallest absolute Gasteiger partial charge is 0.254 e. The number of rotatable bonds is 2. The van der Waals surface area contributed by atoms with Crippen molar-refractivity contribution < 1.29 is 9.53 Å². The average Bonchev–Trinajstić information content (AvgIpc) is 2.40. The first-order valence-electron chi connectivity index (χ1n) is 7.34. The molecule has 1 aliphatic carbocycles. The van der Waals surface area contributed by atoms with Crippen molar-refractivity contribution in [2.75, 3.05) is 20.2 Å². The van der Waals surface area contributed by atoms with E-state index >= 15 is 0 Å². The number of carbonyl (C=O) groups excluding carboxylic acids is 1. The lowest BCUT2D eigenvalue weighted by atomic mass is 9.68. The average molecular weight is 253 g/mol. The maximum absolute atomic E-state index is 12.3. The summed E-state index contributed by atoms with van der Waals surface area (Å²) in [5, 5.41) is 0. The second-order valence-electron chi connectivity index (χ2n) is 6.57. The van der Waals surface area contributed by atoms with E-state index in [4.69, 9.17) is 4.74 Å². The molecule has 0 aromatic carbocycles. The van der Waals surface area contributed by atoms with Gasteiger partial charge in [0.15, 0.2) is 0 Å². The minimum atomic E-state index is -0.670. The Morgan fingerprint density at radius 2 is 1.61 bits per heavy atom. The van der Waals surface area contributed by atoms with Crippen molar-refractivity contribution in [1.82, 2.24) is 4.90 Å². The molecule has 1 saturated heterocycles. The largest absolute Gasteiger partial charge is 0.369 e. The minimum absolute atomic E-state index is 0.149. The summed E-state index contributed by atoms with van der Waals surface area (Å²) in [4.78, 5) is 14.3. The molecule has 2 aliphatic rings. The van der Waals surface area contributed by atoms with Crippen LogP contribution in [0.15, 0.2) is 0 Å². The maximum atomic E-state index is 12.3. The van der Waals surface area contributed by atoms with Gasteiger partial charge in [-0.15, -0.1) is 0 Å². The van der Waals surface area contributed by atoms with Crippen LogP contribution in [-0.2, 0) is 9.53 Å². The number of piperidine rings is 1. The van der Waals surface area contributed by atoms with Crippen molar-refractivity contribution in [3.05, 3.63) is 0 Å². The van der Waals surface area contributed by atoms with Crippen molar-refractivity contribution in [2.24, 2.45) is 5.41 Å². The molecule has 104 valence electrons. The highest BCUT2D eigenvalue weighted by molar-refractivity contribution is 5.84. The number of carbonyl (C=O) groups is 1. The standard InChI is InChI=1S/C15H27NO2/c1-14(2,18-3)13(17)16-11-9-15(10-12-16)7-5-4-6-8-15/h4-12H2,1-3H3. The summed E-state index contributed by atoms with van der Waals surface area (Å²) in [6.45, 7) is 5.57. The van der Waals surface area contributed by atoms with E-state index in [0.717, 1.165) is 13.1 Å². The number of hydrogen-bond acceptors (Lipinski definition) is 2. The van der Waals surface area contributed by atoms with Crippen LogP contribution in [-0.4, -0.2) is 36.6 Å². The Balaban J connectivity index is 1.92. The molecule has 1 heterocycles. The Bertz CT molecular complexity index is 296. The second-order valence-corrected chi connectivity index (χ2v) is 6.57. The van der Waals surface area contributed by atoms with E-state index in [1.54, 1.807) is 7.11 Å². The predicted molar refractivity (Wildman–Crippen MR) is 72.4 cm³/mol. The fourth-order valence-corrected chi connectivity index (χ4v) is 3.45. The van der Waals surface area contributed by atoms with Crippen LogP contribution in [0.2, 0.25) is 0 Å². The molecule has 0 unspecified atom stereocenters. The van der Waals surface area contributed by atoms with Crippen molar-refractivity contribution in [3.63, 3.8) is 0 Å². The molecule has 0 atom stereocenters. The fourth-order valence-electron chi connectivity index (χ4n) is 3.45. The molecule has 3 nitrogen and oxygen atoms in total. The first-order chi connectivity index (χ1) is 8.49. The van der Waals surface area contributed by atoms with E-state index in [9.17, 15) is 4.79 Å². The fraction of sp³-hybridized carbons (Fsp3) is 0.933. The molecule has 1 aliphatic heterocycles. The monoisotopic (exact) mass is 253 g/mol. The van der Waals surface area contributed by atoms with Gasteiger partial charge in [-0.05, 0) is 44.9 Å². The highest BCUT2D eigenvalue weighted by Crippen LogP contribution is 2.44. The third kappa shape index (κ3) is 2.71. The van der Waals surface area contributed by atoms with E-state index in [2.05, 4.69) is 0 Å². The molecule has 3 heteroatoms. The summed E-state index contributed by atoms with van der Waals surface area (Å²) >= 11 is 0. The molecule has 18 heavy (non-hydrogen) atoms. The number of nitrogens with zero attached hydrogens (tertiary/aromatic N) is 1. The predicted octanol–water partition coefficient (Wildman–Crippen LogP) is 2.98. The molecule has 1 amide bonds. The summed E-state index contributed by atoms with van der Waals surface area (Å²) in [5.74, 6) is 0.149. The van der Waals surface area contributed by atoms with Crippen molar-refractivity contribution in [1.29, 1.82) is 0 Å². The van der Waals surface area contributed by atoms with E-state index in [1.807, 2.05) is 18.7 Å². The highest BCUT2D eigenvalue weighted by Gasteiger charge is 2.39. The number of likely N-dealkylation sites (tertiary alicyclic amines) is 1. The Morgan fingerprint density at radius 3 is 2.11 bits per heavy atom. The minimum Gasteiger partial charge on any atom is -0.369 e. The van der Waals surface area contributed by atoms with Crippen LogP contribution in [0.1, 0.15) is 58.8 Å². The van der Waals surface area contributed by atoms with Gasteiger partial charge in [0.25, 0.3) is 5.91 Å². The first-order valence-corrected chi connectivity index (χ1v) is 7.34. The Hall–Kier alpha value is -0.570. The molecule has 1 saturated carbocycles. The number of amides is 1. The number of hydrogen-bond donors (Lipinski definition) is 0. The van der Waals surface area contributed by atoms with E-state index in [0.29, 0.717) is 5.41 Å². The van der Waals surface area contributed by atoms with Crippen LogP contribution < -0.4 is 0 Å². The first kappa shape index (κ1) is 13.9. The second kappa shape index (κ2) is 5.20. The van der Waals surface area contributed by atoms with Crippen LogP contribution in [0, 0.1) is 5.41 Å². The van der Waals surface area contributed by atoms with E-state index < -0.39 is 5.60 Å². The van der Waals surface area contributed by atoms with Gasteiger partial charge in [-0.1, -0.05) is 19.3 Å². The Labute approximate surface area is 111 Å². The van der Waals surface area contributed by atoms with Gasteiger partial charge in [0.1, 0.15) is 5.60 Å². The van der Waals surface area contributed by atoms with Crippen molar-refractivity contribution >= 4 is 5.91 Å². The van der Waals surface area contributed by atoms with Crippen LogP contribution in [0.25, 0.3) is 0 Å². The summed E-state index contributed by atoms with van der Waals surface area (Å²) < 4.78 is 5.30. The van der Waals surface area contributed by atoms with Crippen molar-refractivity contribution in [3.8, 4) is 0 Å². The molecule has 0 aromatic rings. The normalized spacial score (nSPS) is 24.3. The molecule has 1 spiro atoms. The topological polar surface area (TPSA) is 29.5 Å². The maximum Gasteiger partial charge on any atom is 0.254 e. The SMILES string of the molecule is COC(C)(C)C(=O)N1CCC2(CCCCC2)CC1. The van der Waals surface area contributed by atoms with Gasteiger partial charge in [0.05, 0.1) is 0 Å². The third-order valence-corrected chi connectivity index (χ3v) is 5.05. The zero-order valence-electron chi connectivity index (χ0n) is 12.1. The van der Waals surface area contributed by atoms with Gasteiger partial charge >= 0.3 is 0 Å². The molecule has 2 rings (SSSR count). The summed E-state index contributed by atoms with van der Waals surface area (Å²) in [6.07, 6.45) is 9.32. The summed E-state index contributed by atoms with van der Waals surface area (Å²) in [5.41, 5.74) is -0.108. The van der Waals surface area contributed by atoms with Gasteiger partial charge in [-0.25, -0.2) is 0 Å². The molecular weight excluding hydrogens is 226 g/mol. The van der Waals surface area contributed by atoms with Gasteiger partial charge in [0.2, 0.25) is 0 Å². The lowest BCUT2D eigenvalue weighted by Crippen LogP contribution is -2.51. The number of ether oxygens (including phenoxy) is 1. The zero-order valence-corrected chi connectivity index (χ0v) is 12.1. The lowest BCUT2D eigenvalue weighted by Gasteiger charge is -2.45. The van der Waals surface area contributed by atoms with Crippen LogP contribution in [0.3, 0.4) is 0 Å². The highest BCUT2D eigenvalue weighted by atomic mass is 16.5. The van der Waals surface area contributed by atoms with E-state index in [1.165, 1.54) is 44.9 Å². The number of methoxy groups -OCH3 is 1.